The molecule has 1 fully saturated rings. The highest BCUT2D eigenvalue weighted by Gasteiger charge is 2.24. The van der Waals surface area contributed by atoms with Crippen molar-refractivity contribution < 1.29 is 9.53 Å². The van der Waals surface area contributed by atoms with Gasteiger partial charge in [-0.15, -0.1) is 0 Å². The topological polar surface area (TPSA) is 38.3 Å². The zero-order valence-corrected chi connectivity index (χ0v) is 14.5. The number of alkyl halides is 1. The van der Waals surface area contributed by atoms with E-state index >= 15 is 0 Å². The minimum atomic E-state index is -0.527. The second kappa shape index (κ2) is 8.04. The highest BCUT2D eigenvalue weighted by Crippen LogP contribution is 2.29. The summed E-state index contributed by atoms with van der Waals surface area (Å²) in [6.45, 7) is 2.46. The monoisotopic (exact) mass is 373 g/mol. The van der Waals surface area contributed by atoms with Crippen molar-refractivity contribution in [3.63, 3.8) is 0 Å². The van der Waals surface area contributed by atoms with Crippen LogP contribution >= 0.6 is 27.5 Å². The third-order valence-electron chi connectivity index (χ3n) is 3.83. The van der Waals surface area contributed by atoms with Crippen LogP contribution in [0.25, 0.3) is 0 Å². The molecule has 0 radical (unpaired) electrons. The van der Waals surface area contributed by atoms with Crippen LogP contribution in [0.15, 0.2) is 24.3 Å². The molecule has 0 heterocycles. The third-order valence-corrected chi connectivity index (χ3v) is 5.27. The standard InChI is InChI=1S/C16H21BrClNO2/c1-11(21-14-7-4-6-13(18)9-14)16(20)19-10-12-5-2-3-8-15(12)17/h4,6-7,9,11-12,15H,2-3,5,8,10H2,1H3,(H,19,20). The highest BCUT2D eigenvalue weighted by atomic mass is 79.9. The van der Waals surface area contributed by atoms with Crippen LogP contribution in [0.2, 0.25) is 5.02 Å². The van der Waals surface area contributed by atoms with Gasteiger partial charge in [0.1, 0.15) is 5.75 Å². The number of carbonyl (C=O) groups is 1. The zero-order valence-electron chi connectivity index (χ0n) is 12.1. The largest absolute Gasteiger partial charge is 0.481 e. The molecule has 0 spiro atoms. The number of carbonyl (C=O) groups excluding carboxylic acids is 1. The molecule has 1 N–H and O–H groups in total. The van der Waals surface area contributed by atoms with Gasteiger partial charge in [0, 0.05) is 16.4 Å². The summed E-state index contributed by atoms with van der Waals surface area (Å²) in [5, 5.41) is 3.59. The molecule has 1 aromatic rings. The number of hydrogen-bond donors (Lipinski definition) is 1. The molecular formula is C16H21BrClNO2. The fourth-order valence-electron chi connectivity index (χ4n) is 2.57. The van der Waals surface area contributed by atoms with E-state index in [1.165, 1.54) is 25.7 Å². The number of hydrogen-bond acceptors (Lipinski definition) is 2. The van der Waals surface area contributed by atoms with Crippen molar-refractivity contribution in [3.05, 3.63) is 29.3 Å². The van der Waals surface area contributed by atoms with E-state index in [1.54, 1.807) is 31.2 Å². The lowest BCUT2D eigenvalue weighted by Crippen LogP contribution is -2.41. The van der Waals surface area contributed by atoms with Crippen LogP contribution in [-0.4, -0.2) is 23.4 Å². The molecule has 1 saturated carbocycles. The lowest BCUT2D eigenvalue weighted by atomic mass is 9.89. The van der Waals surface area contributed by atoms with Crippen molar-refractivity contribution in [3.8, 4) is 5.75 Å². The number of halogens is 2. The van der Waals surface area contributed by atoms with Crippen molar-refractivity contribution in [2.24, 2.45) is 5.92 Å². The molecule has 1 aliphatic rings. The maximum absolute atomic E-state index is 12.1. The van der Waals surface area contributed by atoms with E-state index in [4.69, 9.17) is 16.3 Å². The normalized spacial score (nSPS) is 23.4. The minimum Gasteiger partial charge on any atom is -0.481 e. The first-order valence-electron chi connectivity index (χ1n) is 7.40. The van der Waals surface area contributed by atoms with E-state index in [2.05, 4.69) is 21.2 Å². The first kappa shape index (κ1) is 16.6. The Morgan fingerprint density at radius 3 is 2.95 bits per heavy atom. The molecule has 3 nitrogen and oxygen atoms in total. The van der Waals surface area contributed by atoms with Crippen molar-refractivity contribution in [2.75, 3.05) is 6.54 Å². The van der Waals surface area contributed by atoms with Gasteiger partial charge in [-0.25, -0.2) is 0 Å². The van der Waals surface area contributed by atoms with Gasteiger partial charge in [0.05, 0.1) is 0 Å². The van der Waals surface area contributed by atoms with Gasteiger partial charge in [-0.3, -0.25) is 4.79 Å². The molecule has 1 aromatic carbocycles. The molecule has 2 rings (SSSR count). The number of amides is 1. The number of ether oxygens (including phenoxy) is 1. The van der Waals surface area contributed by atoms with Crippen molar-refractivity contribution in [2.45, 2.75) is 43.5 Å². The van der Waals surface area contributed by atoms with Gasteiger partial charge in [-0.1, -0.05) is 46.4 Å². The van der Waals surface area contributed by atoms with Gasteiger partial charge >= 0.3 is 0 Å². The molecular weight excluding hydrogens is 354 g/mol. The van der Waals surface area contributed by atoms with Crippen LogP contribution in [0.5, 0.6) is 5.75 Å². The average molecular weight is 375 g/mol. The van der Waals surface area contributed by atoms with Gasteiger partial charge in [-0.2, -0.15) is 0 Å². The molecule has 0 saturated heterocycles. The number of nitrogens with one attached hydrogen (secondary N) is 1. The van der Waals surface area contributed by atoms with E-state index in [1.807, 2.05) is 0 Å². The van der Waals surface area contributed by atoms with Crippen molar-refractivity contribution in [1.29, 1.82) is 0 Å². The van der Waals surface area contributed by atoms with E-state index in [9.17, 15) is 4.79 Å². The minimum absolute atomic E-state index is 0.0831. The smallest absolute Gasteiger partial charge is 0.260 e. The Morgan fingerprint density at radius 1 is 1.48 bits per heavy atom. The Balaban J connectivity index is 1.79. The van der Waals surface area contributed by atoms with Gasteiger partial charge in [0.25, 0.3) is 5.91 Å². The first-order chi connectivity index (χ1) is 10.1. The molecule has 116 valence electrons. The van der Waals surface area contributed by atoms with Gasteiger partial charge < -0.3 is 10.1 Å². The van der Waals surface area contributed by atoms with E-state index in [-0.39, 0.29) is 5.91 Å². The first-order valence-corrected chi connectivity index (χ1v) is 8.69. The fourth-order valence-corrected chi connectivity index (χ4v) is 3.52. The van der Waals surface area contributed by atoms with Crippen LogP contribution in [0, 0.1) is 5.92 Å². The lowest BCUT2D eigenvalue weighted by Gasteiger charge is -2.27. The molecule has 0 aromatic heterocycles. The second-order valence-corrected chi connectivity index (χ2v) is 7.14. The highest BCUT2D eigenvalue weighted by molar-refractivity contribution is 9.09. The van der Waals surface area contributed by atoms with Crippen molar-refractivity contribution >= 4 is 33.4 Å². The molecule has 5 heteroatoms. The Morgan fingerprint density at radius 2 is 2.24 bits per heavy atom. The fraction of sp³-hybridized carbons (Fsp3) is 0.562. The van der Waals surface area contributed by atoms with Gasteiger partial charge in [0.15, 0.2) is 6.10 Å². The summed E-state index contributed by atoms with van der Waals surface area (Å²) < 4.78 is 5.62. The molecule has 0 bridgehead atoms. The Kier molecular flexibility index (Phi) is 6.37. The molecule has 3 unspecified atom stereocenters. The summed E-state index contributed by atoms with van der Waals surface area (Å²) in [6.07, 6.45) is 4.35. The SMILES string of the molecule is CC(Oc1cccc(Cl)c1)C(=O)NCC1CCCCC1Br. The number of rotatable bonds is 5. The van der Waals surface area contributed by atoms with E-state index < -0.39 is 6.10 Å². The Hall–Kier alpha value is -0.740. The third kappa shape index (κ3) is 5.19. The summed E-state index contributed by atoms with van der Waals surface area (Å²) in [5.41, 5.74) is 0. The van der Waals surface area contributed by atoms with Crippen LogP contribution < -0.4 is 10.1 Å². The van der Waals surface area contributed by atoms with Crippen LogP contribution in [0.3, 0.4) is 0 Å². The van der Waals surface area contributed by atoms with Crippen LogP contribution in [0.1, 0.15) is 32.6 Å². The second-order valence-electron chi connectivity index (χ2n) is 5.52. The summed E-state index contributed by atoms with van der Waals surface area (Å²) in [4.78, 5) is 12.6. The quantitative estimate of drug-likeness (QED) is 0.785. The van der Waals surface area contributed by atoms with Gasteiger partial charge in [-0.05, 0) is 43.9 Å². The molecule has 21 heavy (non-hydrogen) atoms. The van der Waals surface area contributed by atoms with Crippen molar-refractivity contribution in [1.82, 2.24) is 5.32 Å². The summed E-state index contributed by atoms with van der Waals surface area (Å²) in [7, 11) is 0. The van der Waals surface area contributed by atoms with Crippen LogP contribution in [0.4, 0.5) is 0 Å². The Bertz CT molecular complexity index is 483. The predicted octanol–water partition coefficient (Wildman–Crippen LogP) is 4.18. The van der Waals surface area contributed by atoms with Gasteiger partial charge in [0.2, 0.25) is 0 Å². The summed E-state index contributed by atoms with van der Waals surface area (Å²) in [6, 6.07) is 7.09. The maximum atomic E-state index is 12.1. The molecule has 1 aliphatic carbocycles. The van der Waals surface area contributed by atoms with Crippen LogP contribution in [-0.2, 0) is 4.79 Å². The average Bonchev–Trinajstić information content (AvgIpc) is 2.46. The maximum Gasteiger partial charge on any atom is 0.260 e. The Labute approximate surface area is 139 Å². The molecule has 1 amide bonds. The lowest BCUT2D eigenvalue weighted by molar-refractivity contribution is -0.127. The summed E-state index contributed by atoms with van der Waals surface area (Å²) in [5.74, 6) is 1.04. The number of benzene rings is 1. The van der Waals surface area contributed by atoms with E-state index in [0.717, 1.165) is 0 Å². The van der Waals surface area contributed by atoms with E-state index in [0.29, 0.717) is 28.1 Å². The zero-order chi connectivity index (χ0) is 15.2. The predicted molar refractivity (Wildman–Crippen MR) is 89.2 cm³/mol. The molecule has 0 aliphatic heterocycles. The summed E-state index contributed by atoms with van der Waals surface area (Å²) >= 11 is 9.61. The molecule has 3 atom stereocenters.